The van der Waals surface area contributed by atoms with E-state index in [1.165, 1.54) is 12.8 Å². The smallest absolute Gasteiger partial charge is 0.307 e. The minimum absolute atomic E-state index is 0.0743. The second-order valence-corrected chi connectivity index (χ2v) is 8.93. The van der Waals surface area contributed by atoms with E-state index >= 15 is 0 Å². The predicted molar refractivity (Wildman–Crippen MR) is 133 cm³/mol. The maximum absolute atomic E-state index is 11.3. The highest BCUT2D eigenvalue weighted by molar-refractivity contribution is 5.87. The first-order chi connectivity index (χ1) is 16.6. The third kappa shape index (κ3) is 4.54. The zero-order valence-electron chi connectivity index (χ0n) is 19.1. The molecule has 0 amide bonds. The molecule has 6 heteroatoms. The first kappa shape index (κ1) is 22.2. The highest BCUT2D eigenvalue weighted by Crippen LogP contribution is 2.35. The Hall–Kier alpha value is -3.64. The molecule has 1 heterocycles. The van der Waals surface area contributed by atoms with E-state index in [0.717, 1.165) is 46.1 Å². The van der Waals surface area contributed by atoms with Gasteiger partial charge in [-0.15, -0.1) is 0 Å². The highest BCUT2D eigenvalue weighted by atomic mass is 16.5. The maximum Gasteiger partial charge on any atom is 0.307 e. The highest BCUT2D eigenvalue weighted by Gasteiger charge is 2.22. The molecule has 0 atom stereocenters. The summed E-state index contributed by atoms with van der Waals surface area (Å²) in [6.07, 6.45) is 4.65. The summed E-state index contributed by atoms with van der Waals surface area (Å²) < 4.78 is 8.31. The number of rotatable bonds is 8. The van der Waals surface area contributed by atoms with Crippen molar-refractivity contribution in [3.05, 3.63) is 83.6 Å². The molecule has 0 spiro atoms. The predicted octanol–water partition coefficient (Wildman–Crippen LogP) is 5.48. The Morgan fingerprint density at radius 1 is 1.03 bits per heavy atom. The normalized spacial score (nSPS) is 14.0. The lowest BCUT2D eigenvalue weighted by atomic mass is 10.0. The number of carboxylic acid groups (broad SMARTS) is 1. The summed E-state index contributed by atoms with van der Waals surface area (Å²) in [5.41, 5.74) is 11.8. The molecule has 34 heavy (non-hydrogen) atoms. The third-order valence-electron chi connectivity index (χ3n) is 6.63. The molecule has 0 radical (unpaired) electrons. The van der Waals surface area contributed by atoms with Gasteiger partial charge in [0.15, 0.2) is 0 Å². The van der Waals surface area contributed by atoms with Gasteiger partial charge < -0.3 is 15.6 Å². The van der Waals surface area contributed by atoms with Crippen molar-refractivity contribution in [2.24, 2.45) is 5.73 Å². The topological polar surface area (TPSA) is 90.4 Å². The molecule has 0 aliphatic heterocycles. The van der Waals surface area contributed by atoms with Gasteiger partial charge in [-0.05, 0) is 53.8 Å². The fraction of sp³-hybridized carbons (Fsp3) is 0.286. The van der Waals surface area contributed by atoms with E-state index in [1.807, 2.05) is 30.3 Å². The van der Waals surface area contributed by atoms with Gasteiger partial charge in [0.05, 0.1) is 18.0 Å². The van der Waals surface area contributed by atoms with Crippen LogP contribution in [-0.2, 0) is 24.4 Å². The number of carboxylic acids is 1. The summed E-state index contributed by atoms with van der Waals surface area (Å²) in [7, 11) is 0. The molecule has 0 unspecified atom stereocenters. The average molecular weight is 456 g/mol. The minimum atomic E-state index is -0.878. The van der Waals surface area contributed by atoms with E-state index < -0.39 is 5.97 Å². The third-order valence-corrected chi connectivity index (χ3v) is 6.63. The monoisotopic (exact) mass is 455 g/mol. The van der Waals surface area contributed by atoms with Crippen LogP contribution in [0.2, 0.25) is 0 Å². The number of aromatic nitrogens is 2. The molecule has 1 saturated carbocycles. The quantitative estimate of drug-likeness (QED) is 0.367. The molecule has 1 fully saturated rings. The second-order valence-electron chi connectivity index (χ2n) is 8.93. The molecule has 0 bridgehead atoms. The fourth-order valence-electron chi connectivity index (χ4n) is 4.90. The van der Waals surface area contributed by atoms with E-state index in [9.17, 15) is 9.90 Å². The van der Waals surface area contributed by atoms with Gasteiger partial charge in [0, 0.05) is 17.5 Å². The van der Waals surface area contributed by atoms with E-state index in [0.29, 0.717) is 23.9 Å². The molecular weight excluding hydrogens is 426 g/mol. The van der Waals surface area contributed by atoms with Crippen LogP contribution in [0.5, 0.6) is 5.75 Å². The Bertz CT molecular complexity index is 1320. The Morgan fingerprint density at radius 3 is 2.62 bits per heavy atom. The van der Waals surface area contributed by atoms with Crippen LogP contribution in [0, 0.1) is 0 Å². The van der Waals surface area contributed by atoms with E-state index in [2.05, 4.69) is 35.0 Å². The number of aliphatic carboxylic acids is 1. The SMILES string of the molecule is NCc1cccc(-c2ccc3c(c2)c(COc2ccccc2CC(=O)O)nn3C2CCCC2)c1. The van der Waals surface area contributed by atoms with Crippen LogP contribution < -0.4 is 10.5 Å². The lowest BCUT2D eigenvalue weighted by Gasteiger charge is -2.11. The number of carbonyl (C=O) groups is 1. The second kappa shape index (κ2) is 9.69. The summed E-state index contributed by atoms with van der Waals surface area (Å²) in [5, 5.41) is 15.3. The van der Waals surface area contributed by atoms with Crippen LogP contribution in [0.15, 0.2) is 66.7 Å². The zero-order chi connectivity index (χ0) is 23.5. The molecule has 3 N–H and O–H groups in total. The van der Waals surface area contributed by atoms with Crippen molar-refractivity contribution in [3.63, 3.8) is 0 Å². The molecular formula is C28H29N3O3. The Balaban J connectivity index is 1.52. The lowest BCUT2D eigenvalue weighted by Crippen LogP contribution is -2.08. The van der Waals surface area contributed by atoms with Crippen molar-refractivity contribution in [1.29, 1.82) is 0 Å². The molecule has 174 valence electrons. The van der Waals surface area contributed by atoms with Gasteiger partial charge in [-0.25, -0.2) is 0 Å². The molecule has 3 aromatic carbocycles. The molecule has 0 saturated heterocycles. The van der Waals surface area contributed by atoms with Gasteiger partial charge in [0.1, 0.15) is 18.1 Å². The fourth-order valence-corrected chi connectivity index (χ4v) is 4.90. The van der Waals surface area contributed by atoms with Gasteiger partial charge >= 0.3 is 5.97 Å². The van der Waals surface area contributed by atoms with Crippen molar-refractivity contribution in [3.8, 4) is 16.9 Å². The summed E-state index contributed by atoms with van der Waals surface area (Å²) in [5.74, 6) is -0.295. The Labute approximate surface area is 199 Å². The average Bonchev–Trinajstić information content (AvgIpc) is 3.51. The molecule has 6 nitrogen and oxygen atoms in total. The van der Waals surface area contributed by atoms with Crippen LogP contribution in [0.1, 0.15) is 48.5 Å². The molecule has 5 rings (SSSR count). The van der Waals surface area contributed by atoms with Crippen LogP contribution in [-0.4, -0.2) is 20.9 Å². The van der Waals surface area contributed by atoms with Gasteiger partial charge in [0.2, 0.25) is 0 Å². The van der Waals surface area contributed by atoms with E-state index in [4.69, 9.17) is 15.6 Å². The number of hydrogen-bond donors (Lipinski definition) is 2. The van der Waals surface area contributed by atoms with Crippen LogP contribution in [0.3, 0.4) is 0 Å². The first-order valence-electron chi connectivity index (χ1n) is 11.9. The van der Waals surface area contributed by atoms with Crippen molar-refractivity contribution in [2.45, 2.75) is 51.3 Å². The van der Waals surface area contributed by atoms with Gasteiger partial charge in [-0.3, -0.25) is 9.48 Å². The molecule has 1 aliphatic carbocycles. The van der Waals surface area contributed by atoms with Crippen LogP contribution >= 0.6 is 0 Å². The summed E-state index contributed by atoms with van der Waals surface area (Å²) >= 11 is 0. The van der Waals surface area contributed by atoms with Crippen molar-refractivity contribution in [1.82, 2.24) is 9.78 Å². The van der Waals surface area contributed by atoms with E-state index in [-0.39, 0.29) is 13.0 Å². The number of fused-ring (bicyclic) bond motifs is 1. The largest absolute Gasteiger partial charge is 0.487 e. The maximum atomic E-state index is 11.3. The number of para-hydroxylation sites is 1. The summed E-state index contributed by atoms with van der Waals surface area (Å²) in [6.45, 7) is 0.781. The van der Waals surface area contributed by atoms with Gasteiger partial charge in [0.25, 0.3) is 0 Å². The number of nitrogens with two attached hydrogens (primary N) is 1. The number of benzene rings is 3. The Morgan fingerprint density at radius 2 is 1.82 bits per heavy atom. The van der Waals surface area contributed by atoms with Gasteiger partial charge in [-0.1, -0.05) is 55.3 Å². The van der Waals surface area contributed by atoms with Crippen molar-refractivity contribution in [2.75, 3.05) is 0 Å². The number of nitrogens with zero attached hydrogens (tertiary/aromatic N) is 2. The Kier molecular flexibility index (Phi) is 6.32. The van der Waals surface area contributed by atoms with Crippen molar-refractivity contribution < 1.29 is 14.6 Å². The number of ether oxygens (including phenoxy) is 1. The standard InChI is InChI=1S/C28H29N3O3/c29-17-19-6-5-8-20(14-19)21-12-13-26-24(15-21)25(30-31(26)23-9-2-3-10-23)18-34-27-11-4-1-7-22(27)16-28(32)33/h1,4-8,11-15,23H,2-3,9-10,16-18,29H2,(H,32,33). The summed E-state index contributed by atoms with van der Waals surface area (Å²) in [4.78, 5) is 11.3. The molecule has 4 aromatic rings. The van der Waals surface area contributed by atoms with Crippen LogP contribution in [0.25, 0.3) is 22.0 Å². The minimum Gasteiger partial charge on any atom is -0.487 e. The molecule has 1 aliphatic rings. The van der Waals surface area contributed by atoms with Gasteiger partial charge in [-0.2, -0.15) is 5.10 Å². The molecule has 1 aromatic heterocycles. The van der Waals surface area contributed by atoms with E-state index in [1.54, 1.807) is 6.07 Å². The first-order valence-corrected chi connectivity index (χ1v) is 11.9. The van der Waals surface area contributed by atoms with Crippen LogP contribution in [0.4, 0.5) is 0 Å². The number of hydrogen-bond acceptors (Lipinski definition) is 4. The summed E-state index contributed by atoms with van der Waals surface area (Å²) in [6, 6.07) is 22.5. The lowest BCUT2D eigenvalue weighted by molar-refractivity contribution is -0.136. The van der Waals surface area contributed by atoms with Crippen molar-refractivity contribution >= 4 is 16.9 Å². The zero-order valence-corrected chi connectivity index (χ0v) is 19.1.